The SMILES string of the molecule is O=C(O)CCC(=O)N=C1S[C@@H]2CS(=O)(=O)C[C@@H]2N1CCc1ccccc1. The van der Waals surface area contributed by atoms with E-state index < -0.39 is 21.7 Å². The predicted molar refractivity (Wildman–Crippen MR) is 100.0 cm³/mol. The van der Waals surface area contributed by atoms with E-state index in [1.807, 2.05) is 35.2 Å². The normalized spacial score (nSPS) is 25.4. The van der Waals surface area contributed by atoms with Crippen LogP contribution in [-0.2, 0) is 25.8 Å². The van der Waals surface area contributed by atoms with Gasteiger partial charge in [0.25, 0.3) is 0 Å². The van der Waals surface area contributed by atoms with Gasteiger partial charge in [-0.2, -0.15) is 4.99 Å². The van der Waals surface area contributed by atoms with Crippen LogP contribution >= 0.6 is 11.8 Å². The zero-order valence-electron chi connectivity index (χ0n) is 14.1. The third kappa shape index (κ3) is 4.64. The van der Waals surface area contributed by atoms with E-state index in [-0.39, 0.29) is 35.6 Å². The fourth-order valence-corrected chi connectivity index (χ4v) is 7.16. The molecule has 2 heterocycles. The van der Waals surface area contributed by atoms with Gasteiger partial charge < -0.3 is 10.0 Å². The van der Waals surface area contributed by atoms with E-state index in [0.29, 0.717) is 18.1 Å². The number of amides is 1. The second-order valence-electron chi connectivity index (χ2n) is 6.41. The van der Waals surface area contributed by atoms with E-state index >= 15 is 0 Å². The minimum Gasteiger partial charge on any atom is -0.481 e. The molecule has 0 spiro atoms. The smallest absolute Gasteiger partial charge is 0.303 e. The van der Waals surface area contributed by atoms with Crippen molar-refractivity contribution in [3.05, 3.63) is 35.9 Å². The third-order valence-corrected chi connectivity index (χ3v) is 7.68. The second kappa shape index (κ2) is 7.79. The Morgan fingerprint density at radius 3 is 2.62 bits per heavy atom. The average molecular weight is 396 g/mol. The van der Waals surface area contributed by atoms with Crippen LogP contribution in [0.4, 0.5) is 0 Å². The highest BCUT2D eigenvalue weighted by Gasteiger charge is 2.48. The maximum atomic E-state index is 12.0. The third-order valence-electron chi connectivity index (χ3n) is 4.43. The van der Waals surface area contributed by atoms with E-state index in [9.17, 15) is 18.0 Å². The summed E-state index contributed by atoms with van der Waals surface area (Å²) in [5.74, 6) is -1.36. The molecule has 1 N–H and O–H groups in total. The molecule has 2 aliphatic heterocycles. The number of nitrogens with zero attached hydrogens (tertiary/aromatic N) is 2. The molecule has 9 heteroatoms. The summed E-state index contributed by atoms with van der Waals surface area (Å²) >= 11 is 1.32. The molecule has 2 atom stereocenters. The Labute approximate surface area is 156 Å². The van der Waals surface area contributed by atoms with E-state index in [1.165, 1.54) is 11.8 Å². The molecular weight excluding hydrogens is 376 g/mol. The van der Waals surface area contributed by atoms with Crippen LogP contribution < -0.4 is 0 Å². The highest BCUT2D eigenvalue weighted by atomic mass is 32.2. The molecule has 0 bridgehead atoms. The molecule has 0 aromatic heterocycles. The van der Waals surface area contributed by atoms with Crippen LogP contribution in [0.3, 0.4) is 0 Å². The topological polar surface area (TPSA) is 104 Å². The minimum atomic E-state index is -3.07. The van der Waals surface area contributed by atoms with Crippen LogP contribution in [0.1, 0.15) is 18.4 Å². The molecule has 26 heavy (non-hydrogen) atoms. The number of hydrogen-bond acceptors (Lipinski definition) is 5. The summed E-state index contributed by atoms with van der Waals surface area (Å²) < 4.78 is 23.9. The van der Waals surface area contributed by atoms with Crippen molar-refractivity contribution in [2.45, 2.75) is 30.6 Å². The molecule has 2 fully saturated rings. The summed E-state index contributed by atoms with van der Waals surface area (Å²) in [6.45, 7) is 0.568. The quantitative estimate of drug-likeness (QED) is 0.770. The Hall–Kier alpha value is -1.87. The number of aliphatic imine (C=N–C) groups is 1. The lowest BCUT2D eigenvalue weighted by atomic mass is 10.1. The van der Waals surface area contributed by atoms with Gasteiger partial charge in [-0.3, -0.25) is 9.59 Å². The fraction of sp³-hybridized carbons (Fsp3) is 0.471. The van der Waals surface area contributed by atoms with Gasteiger partial charge >= 0.3 is 5.97 Å². The van der Waals surface area contributed by atoms with Gasteiger partial charge in [0.15, 0.2) is 15.0 Å². The van der Waals surface area contributed by atoms with Crippen molar-refractivity contribution in [1.29, 1.82) is 0 Å². The van der Waals surface area contributed by atoms with Crippen molar-refractivity contribution in [2.24, 2.45) is 4.99 Å². The number of carboxylic acids is 1. The number of hydrogen-bond donors (Lipinski definition) is 1. The average Bonchev–Trinajstić information content (AvgIpc) is 3.03. The highest BCUT2D eigenvalue weighted by molar-refractivity contribution is 8.15. The van der Waals surface area contributed by atoms with E-state index in [2.05, 4.69) is 4.99 Å². The molecule has 0 radical (unpaired) electrons. The van der Waals surface area contributed by atoms with Crippen LogP contribution in [0.15, 0.2) is 35.3 Å². The zero-order valence-corrected chi connectivity index (χ0v) is 15.7. The van der Waals surface area contributed by atoms with Crippen molar-refractivity contribution >= 4 is 38.6 Å². The van der Waals surface area contributed by atoms with Crippen molar-refractivity contribution in [2.75, 3.05) is 18.1 Å². The molecule has 7 nitrogen and oxygen atoms in total. The fourth-order valence-electron chi connectivity index (χ4n) is 3.17. The summed E-state index contributed by atoms with van der Waals surface area (Å²) in [4.78, 5) is 28.6. The van der Waals surface area contributed by atoms with Crippen molar-refractivity contribution in [3.63, 3.8) is 0 Å². The summed E-state index contributed by atoms with van der Waals surface area (Å²) in [5.41, 5.74) is 1.12. The number of carbonyl (C=O) groups is 2. The number of carbonyl (C=O) groups excluding carboxylic acids is 1. The summed E-state index contributed by atoms with van der Waals surface area (Å²) in [6.07, 6.45) is 0.304. The second-order valence-corrected chi connectivity index (χ2v) is 9.77. The predicted octanol–water partition coefficient (Wildman–Crippen LogP) is 1.19. The Morgan fingerprint density at radius 2 is 1.92 bits per heavy atom. The number of benzene rings is 1. The molecule has 2 saturated heterocycles. The van der Waals surface area contributed by atoms with Crippen molar-refractivity contribution in [1.82, 2.24) is 4.90 Å². The standard InChI is InChI=1S/C17H20N2O5S2/c20-15(6-7-16(21)22)18-17-19(9-8-12-4-2-1-3-5-12)13-10-26(23,24)11-14(13)25-17/h1-5,13-14H,6-11H2,(H,21,22)/t13-,14+/m0/s1. The molecular formula is C17H20N2O5S2. The van der Waals surface area contributed by atoms with Gasteiger partial charge in [-0.25, -0.2) is 8.42 Å². The van der Waals surface area contributed by atoms with Crippen molar-refractivity contribution < 1.29 is 23.1 Å². The van der Waals surface area contributed by atoms with Crippen LogP contribution in [0.2, 0.25) is 0 Å². The van der Waals surface area contributed by atoms with Crippen LogP contribution in [0, 0.1) is 0 Å². The monoisotopic (exact) mass is 396 g/mol. The minimum absolute atomic E-state index is 0.0712. The molecule has 0 saturated carbocycles. The van der Waals surface area contributed by atoms with Crippen LogP contribution in [0.25, 0.3) is 0 Å². The van der Waals surface area contributed by atoms with Crippen LogP contribution in [-0.4, -0.2) is 64.8 Å². The number of aliphatic carboxylic acids is 1. The van der Waals surface area contributed by atoms with Gasteiger partial charge in [0, 0.05) is 18.2 Å². The summed E-state index contributed by atoms with van der Waals surface area (Å²) in [7, 11) is -3.07. The maximum absolute atomic E-state index is 12.0. The first-order valence-corrected chi connectivity index (χ1v) is 11.0. The number of sulfone groups is 1. The van der Waals surface area contributed by atoms with Gasteiger partial charge in [0.05, 0.1) is 24.0 Å². The number of fused-ring (bicyclic) bond motifs is 1. The Balaban J connectivity index is 1.74. The molecule has 0 unspecified atom stereocenters. The number of rotatable bonds is 6. The van der Waals surface area contributed by atoms with E-state index in [4.69, 9.17) is 5.11 Å². The molecule has 0 aliphatic carbocycles. The van der Waals surface area contributed by atoms with Gasteiger partial charge in [-0.05, 0) is 12.0 Å². The first-order valence-electron chi connectivity index (χ1n) is 8.35. The zero-order chi connectivity index (χ0) is 18.7. The van der Waals surface area contributed by atoms with Gasteiger partial charge in [0.2, 0.25) is 5.91 Å². The molecule has 2 aliphatic rings. The van der Waals surface area contributed by atoms with E-state index in [0.717, 1.165) is 5.56 Å². The molecule has 140 valence electrons. The highest BCUT2D eigenvalue weighted by Crippen LogP contribution is 2.38. The largest absolute Gasteiger partial charge is 0.481 e. The first-order chi connectivity index (χ1) is 12.3. The molecule has 1 aromatic rings. The lowest BCUT2D eigenvalue weighted by Crippen LogP contribution is -2.39. The molecule has 1 amide bonds. The first kappa shape index (κ1) is 18.9. The lowest BCUT2D eigenvalue weighted by molar-refractivity contribution is -0.138. The number of thioether (sulfide) groups is 1. The lowest BCUT2D eigenvalue weighted by Gasteiger charge is -2.24. The van der Waals surface area contributed by atoms with Crippen molar-refractivity contribution in [3.8, 4) is 0 Å². The van der Waals surface area contributed by atoms with Gasteiger partial charge in [-0.15, -0.1) is 0 Å². The van der Waals surface area contributed by atoms with Gasteiger partial charge in [0.1, 0.15) is 0 Å². The summed E-state index contributed by atoms with van der Waals surface area (Å²) in [5, 5.41) is 9.08. The van der Waals surface area contributed by atoms with Crippen LogP contribution in [0.5, 0.6) is 0 Å². The molecule has 1 aromatic carbocycles. The Bertz CT molecular complexity index is 823. The number of carboxylic acid groups (broad SMARTS) is 1. The van der Waals surface area contributed by atoms with Gasteiger partial charge in [-0.1, -0.05) is 42.1 Å². The Kier molecular flexibility index (Phi) is 5.67. The summed E-state index contributed by atoms with van der Waals surface area (Å²) in [6, 6.07) is 9.65. The van der Waals surface area contributed by atoms with E-state index in [1.54, 1.807) is 0 Å². The Morgan fingerprint density at radius 1 is 1.19 bits per heavy atom. The molecule has 3 rings (SSSR count). The number of amidine groups is 1. The maximum Gasteiger partial charge on any atom is 0.303 e.